The van der Waals surface area contributed by atoms with Crippen molar-refractivity contribution < 1.29 is 50.0 Å². The quantitative estimate of drug-likeness (QED) is 0.322. The Hall–Kier alpha value is -3.40. The second kappa shape index (κ2) is 10.8. The van der Waals surface area contributed by atoms with Gasteiger partial charge in [0.25, 0.3) is 0 Å². The molecule has 6 unspecified atom stereocenters. The molecule has 1 fully saturated rings. The van der Waals surface area contributed by atoms with E-state index in [-0.39, 0.29) is 5.56 Å². The number of carboxylic acid groups (broad SMARTS) is 1. The molecule has 7 N–H and O–H groups in total. The number of phenolic OH excluding ortho intramolecular Hbond substituents is 3. The lowest BCUT2D eigenvalue weighted by atomic mass is 10.00. The Morgan fingerprint density at radius 2 is 1.59 bits per heavy atom. The number of aromatic hydroxyl groups is 3. The highest BCUT2D eigenvalue weighted by atomic mass is 16.7. The van der Waals surface area contributed by atoms with E-state index >= 15 is 0 Å². The molecule has 1 aliphatic heterocycles. The fourth-order valence-corrected chi connectivity index (χ4v) is 2.80. The molecule has 6 atom stereocenters. The predicted molar refractivity (Wildman–Crippen MR) is 107 cm³/mol. The van der Waals surface area contributed by atoms with E-state index in [9.17, 15) is 20.1 Å². The minimum absolute atomic E-state index is 0.289. The van der Waals surface area contributed by atoms with E-state index in [2.05, 4.69) is 0 Å². The zero-order valence-corrected chi connectivity index (χ0v) is 16.8. The van der Waals surface area contributed by atoms with Crippen molar-refractivity contribution in [3.8, 4) is 23.3 Å². The summed E-state index contributed by atoms with van der Waals surface area (Å²) in [6, 6.07) is 12.4. The van der Waals surface area contributed by atoms with Crippen molar-refractivity contribution in [3.05, 3.63) is 53.6 Å². The summed E-state index contributed by atoms with van der Waals surface area (Å²) in [6.45, 7) is 1.56. The molecule has 0 bridgehead atoms. The van der Waals surface area contributed by atoms with E-state index in [1.165, 1.54) is 0 Å². The number of benzene rings is 2. The number of nitrogens with zero attached hydrogens (tertiary/aromatic N) is 1. The Bertz CT molecular complexity index is 938. The summed E-state index contributed by atoms with van der Waals surface area (Å²) in [5, 5.41) is 73.2. The van der Waals surface area contributed by atoms with Gasteiger partial charge in [-0.1, -0.05) is 30.3 Å². The Morgan fingerprint density at radius 3 is 2.09 bits per heavy atom. The van der Waals surface area contributed by atoms with Gasteiger partial charge in [-0.25, -0.2) is 4.79 Å². The molecule has 0 saturated carbocycles. The number of carboxylic acids is 1. The molecule has 11 heteroatoms. The fraction of sp³-hybridized carbons (Fsp3) is 0.333. The third-order valence-corrected chi connectivity index (χ3v) is 4.61. The maximum atomic E-state index is 10.3. The number of aromatic carboxylic acids is 1. The highest BCUT2D eigenvalue weighted by Crippen LogP contribution is 2.35. The number of nitriles is 1. The number of aliphatic hydroxyl groups is 3. The van der Waals surface area contributed by atoms with Crippen LogP contribution in [0.1, 0.15) is 28.9 Å². The van der Waals surface area contributed by atoms with Crippen LogP contribution in [0.5, 0.6) is 17.2 Å². The first-order valence-corrected chi connectivity index (χ1v) is 9.34. The number of ether oxygens (including phenoxy) is 2. The van der Waals surface area contributed by atoms with Gasteiger partial charge in [-0.15, -0.1) is 0 Å². The van der Waals surface area contributed by atoms with Crippen molar-refractivity contribution in [2.45, 2.75) is 43.7 Å². The Kier molecular flexibility index (Phi) is 8.36. The number of hydrogen-bond acceptors (Lipinski definition) is 10. The fourth-order valence-electron chi connectivity index (χ4n) is 2.80. The van der Waals surface area contributed by atoms with Crippen LogP contribution < -0.4 is 0 Å². The SMILES string of the molecule is CC1OC(OC(C#N)c2ccccc2)C(O)C(O)C1O.O=C(O)c1cc(O)c(O)c(O)c1. The van der Waals surface area contributed by atoms with Gasteiger partial charge in [0.05, 0.1) is 17.7 Å². The van der Waals surface area contributed by atoms with Crippen LogP contribution in [0.15, 0.2) is 42.5 Å². The van der Waals surface area contributed by atoms with Gasteiger partial charge in [0, 0.05) is 0 Å². The summed E-state index contributed by atoms with van der Waals surface area (Å²) in [5.74, 6) is -3.33. The van der Waals surface area contributed by atoms with Crippen LogP contribution in [-0.2, 0) is 9.47 Å². The van der Waals surface area contributed by atoms with Gasteiger partial charge in [-0.05, 0) is 24.6 Å². The van der Waals surface area contributed by atoms with E-state index < -0.39 is 60.0 Å². The van der Waals surface area contributed by atoms with Crippen LogP contribution in [0.2, 0.25) is 0 Å². The monoisotopic (exact) mass is 449 g/mol. The third-order valence-electron chi connectivity index (χ3n) is 4.61. The Balaban J connectivity index is 0.000000258. The minimum Gasteiger partial charge on any atom is -0.504 e. The topological polar surface area (TPSA) is 201 Å². The van der Waals surface area contributed by atoms with Crippen LogP contribution in [-0.4, -0.2) is 72.4 Å². The lowest BCUT2D eigenvalue weighted by Gasteiger charge is -2.39. The van der Waals surface area contributed by atoms with Crippen molar-refractivity contribution in [1.29, 1.82) is 5.26 Å². The highest BCUT2D eigenvalue weighted by Gasteiger charge is 2.43. The van der Waals surface area contributed by atoms with E-state index in [0.717, 1.165) is 12.1 Å². The first-order chi connectivity index (χ1) is 15.1. The van der Waals surface area contributed by atoms with Crippen molar-refractivity contribution >= 4 is 5.97 Å². The van der Waals surface area contributed by atoms with Crippen LogP contribution in [0.3, 0.4) is 0 Å². The molecule has 11 nitrogen and oxygen atoms in total. The van der Waals surface area contributed by atoms with Crippen molar-refractivity contribution in [3.63, 3.8) is 0 Å². The second-order valence-corrected chi connectivity index (χ2v) is 6.91. The number of rotatable bonds is 4. The molecular formula is C21H23NO10. The average molecular weight is 449 g/mol. The maximum Gasteiger partial charge on any atom is 0.335 e. The molecule has 1 aliphatic rings. The number of aliphatic hydroxyl groups excluding tert-OH is 3. The van der Waals surface area contributed by atoms with E-state index in [0.29, 0.717) is 5.56 Å². The van der Waals surface area contributed by atoms with Crippen LogP contribution in [0.4, 0.5) is 0 Å². The summed E-state index contributed by atoms with van der Waals surface area (Å²) in [6.07, 6.45) is -6.78. The molecule has 2 aromatic rings. The highest BCUT2D eigenvalue weighted by molar-refractivity contribution is 5.89. The summed E-state index contributed by atoms with van der Waals surface area (Å²) in [7, 11) is 0. The molecule has 0 radical (unpaired) electrons. The summed E-state index contributed by atoms with van der Waals surface area (Å²) in [4.78, 5) is 10.3. The molecule has 0 aliphatic carbocycles. The average Bonchev–Trinajstić information content (AvgIpc) is 2.78. The first kappa shape index (κ1) is 24.9. The largest absolute Gasteiger partial charge is 0.504 e. The Morgan fingerprint density at radius 1 is 1.03 bits per heavy atom. The molecule has 32 heavy (non-hydrogen) atoms. The van der Waals surface area contributed by atoms with Crippen LogP contribution in [0, 0.1) is 11.3 Å². The molecule has 1 saturated heterocycles. The van der Waals surface area contributed by atoms with Gasteiger partial charge in [0.2, 0.25) is 0 Å². The van der Waals surface area contributed by atoms with Gasteiger partial charge in [-0.3, -0.25) is 0 Å². The summed E-state index contributed by atoms with van der Waals surface area (Å²) in [5.41, 5.74) is 0.335. The number of carbonyl (C=O) groups is 1. The molecule has 3 rings (SSSR count). The van der Waals surface area contributed by atoms with E-state index in [1.54, 1.807) is 31.2 Å². The predicted octanol–water partition coefficient (Wildman–Crippen LogP) is 0.597. The zero-order chi connectivity index (χ0) is 24.0. The van der Waals surface area contributed by atoms with Crippen LogP contribution in [0.25, 0.3) is 0 Å². The smallest absolute Gasteiger partial charge is 0.335 e. The van der Waals surface area contributed by atoms with Crippen LogP contribution >= 0.6 is 0 Å². The summed E-state index contributed by atoms with van der Waals surface area (Å²) >= 11 is 0. The number of phenols is 3. The first-order valence-electron chi connectivity index (χ1n) is 9.34. The van der Waals surface area contributed by atoms with Crippen molar-refractivity contribution in [1.82, 2.24) is 0 Å². The third kappa shape index (κ3) is 5.85. The van der Waals surface area contributed by atoms with Gasteiger partial charge in [-0.2, -0.15) is 5.26 Å². The summed E-state index contributed by atoms with van der Waals surface area (Å²) < 4.78 is 10.7. The van der Waals surface area contributed by atoms with Gasteiger partial charge >= 0.3 is 5.97 Å². The molecule has 0 aromatic heterocycles. The molecule has 1 heterocycles. The van der Waals surface area contributed by atoms with Gasteiger partial charge in [0.15, 0.2) is 29.6 Å². The molecule has 0 spiro atoms. The number of hydrogen-bond donors (Lipinski definition) is 7. The lowest BCUT2D eigenvalue weighted by molar-refractivity contribution is -0.300. The van der Waals surface area contributed by atoms with E-state index in [4.69, 9.17) is 35.2 Å². The van der Waals surface area contributed by atoms with Gasteiger partial charge < -0.3 is 45.2 Å². The molecule has 172 valence electrons. The zero-order valence-electron chi connectivity index (χ0n) is 16.8. The Labute approximate surface area is 182 Å². The second-order valence-electron chi connectivity index (χ2n) is 6.91. The van der Waals surface area contributed by atoms with Gasteiger partial charge in [0.1, 0.15) is 18.3 Å². The molecule has 2 aromatic carbocycles. The van der Waals surface area contributed by atoms with Crippen molar-refractivity contribution in [2.24, 2.45) is 0 Å². The van der Waals surface area contributed by atoms with Crippen molar-refractivity contribution in [2.75, 3.05) is 0 Å². The normalized spacial score (nSPS) is 25.7. The molecular weight excluding hydrogens is 426 g/mol. The maximum absolute atomic E-state index is 10.3. The minimum atomic E-state index is -1.42. The molecule has 0 amide bonds. The lowest BCUT2D eigenvalue weighted by Crippen LogP contribution is -2.57. The standard InChI is InChI=1S/C14H17NO5.C7H6O5/c1-8-11(16)12(17)13(18)14(19-8)20-10(7-15)9-5-3-2-4-6-9;8-4-1-3(7(11)12)2-5(9)6(4)10/h2-6,8,10-14,16-18H,1H3;1-2,8-10H,(H,11,12). The van der Waals surface area contributed by atoms with E-state index in [1.807, 2.05) is 12.1 Å².